The van der Waals surface area contributed by atoms with Crippen molar-refractivity contribution in [3.05, 3.63) is 202 Å². The summed E-state index contributed by atoms with van der Waals surface area (Å²) in [6.07, 6.45) is 10.9. The molecule has 0 nitrogen and oxygen atoms in total. The number of hydrogen-bond acceptors (Lipinski definition) is 0. The van der Waals surface area contributed by atoms with Crippen LogP contribution in [0.3, 0.4) is 0 Å². The maximum absolute atomic E-state index is 5.97. The number of allylic oxidation sites excluding steroid dienone is 4. The molecule has 0 radical (unpaired) electrons. The third-order valence-electron chi connectivity index (χ3n) is 9.58. The first kappa shape index (κ1) is 44.1. The van der Waals surface area contributed by atoms with Gasteiger partial charge in [-0.3, -0.25) is 6.08 Å². The number of benzene rings is 6. The summed E-state index contributed by atoms with van der Waals surface area (Å²) in [6, 6.07) is 51.2. The molecule has 6 aromatic rings. The van der Waals surface area contributed by atoms with E-state index in [0.29, 0.717) is 0 Å². The van der Waals surface area contributed by atoms with Crippen LogP contribution in [-0.4, -0.2) is 3.21 Å². The molecule has 55 heavy (non-hydrogen) atoms. The van der Waals surface area contributed by atoms with Crippen LogP contribution in [-0.2, 0) is 41.5 Å². The van der Waals surface area contributed by atoms with Gasteiger partial charge < -0.3 is 24.8 Å². The summed E-state index contributed by atoms with van der Waals surface area (Å²) >= 11 is 7.38. The van der Waals surface area contributed by atoms with Gasteiger partial charge in [-0.05, 0) is 39.5 Å². The van der Waals surface area contributed by atoms with Gasteiger partial charge in [0.05, 0.1) is 0 Å². The van der Waals surface area contributed by atoms with Crippen molar-refractivity contribution in [2.45, 2.75) is 65.2 Å². The van der Waals surface area contributed by atoms with Crippen molar-refractivity contribution in [3.8, 4) is 33.4 Å². The Morgan fingerprint density at radius 2 is 1.16 bits per heavy atom. The molecule has 2 aliphatic carbocycles. The van der Waals surface area contributed by atoms with Crippen LogP contribution in [0.25, 0.3) is 33.4 Å². The molecule has 0 saturated carbocycles. The third kappa shape index (κ3) is 11.1. The van der Waals surface area contributed by atoms with E-state index in [1.54, 1.807) is 0 Å². The van der Waals surface area contributed by atoms with E-state index in [4.69, 9.17) is 11.6 Å². The summed E-state index contributed by atoms with van der Waals surface area (Å²) in [4.78, 5) is 0. The molecule has 0 spiro atoms. The fourth-order valence-corrected chi connectivity index (χ4v) is 7.84. The largest absolute Gasteiger partial charge is 1.00 e. The molecule has 8 rings (SSSR count). The van der Waals surface area contributed by atoms with Gasteiger partial charge >= 0.3 is 110 Å². The quantitative estimate of drug-likeness (QED) is 0.159. The fraction of sp³-hybridized carbons (Fsp3) is 0.196. The van der Waals surface area contributed by atoms with E-state index in [-0.39, 0.29) is 35.6 Å². The molecule has 0 heterocycles. The van der Waals surface area contributed by atoms with E-state index in [1.165, 1.54) is 94.2 Å². The first-order chi connectivity index (χ1) is 25.4. The van der Waals surface area contributed by atoms with Crippen LogP contribution in [0.5, 0.6) is 0 Å². The molecule has 0 amide bonds. The summed E-state index contributed by atoms with van der Waals surface area (Å²) in [5, 5.41) is 0.795. The standard InChI is InChI=1S/C33H33.C13H9Cl.C5H5.2ClH.Zr/c1-32(2,3)30-20-26-24(18-28(30)22-13-9-7-10-14-22)17-25-19-29(23-15-11-8-12-16-23)31(21-27(25)26)33(4,5)6;14-13-8-4-7-12(10-13)9-11-5-2-1-3-6-11;1-2-4-5-3-1;;;/h7-16,18,20-21H,17H2,1-6H3;1-8,10H;1-3H,4H2;2*1H;/q-1;;-1;;;+2/p-2. The Bertz CT molecular complexity index is 2140. The summed E-state index contributed by atoms with van der Waals surface area (Å²) < 4.78 is 1.34. The smallest absolute Gasteiger partial charge is 0.109 e. The topological polar surface area (TPSA) is 0 Å². The number of hydrogen-bond donors (Lipinski definition) is 0. The number of fused-ring (bicyclic) bond motifs is 3. The molecule has 0 fully saturated rings. The van der Waals surface area contributed by atoms with Crippen molar-refractivity contribution in [3.63, 3.8) is 0 Å². The zero-order valence-electron chi connectivity index (χ0n) is 32.5. The molecule has 6 aromatic carbocycles. The first-order valence-electron chi connectivity index (χ1n) is 18.4. The first-order valence-corrected chi connectivity index (χ1v) is 20.0. The summed E-state index contributed by atoms with van der Waals surface area (Å²) in [5.74, 6) is 0. The zero-order valence-corrected chi connectivity index (χ0v) is 37.2. The normalized spacial score (nSPS) is 12.2. The molecule has 2 aliphatic rings. The second-order valence-corrected chi connectivity index (χ2v) is 17.3. The number of rotatable bonds is 4. The molecule has 0 aromatic heterocycles. The Kier molecular flexibility index (Phi) is 15.7. The minimum Gasteiger partial charge on any atom is -1.00 e. The van der Waals surface area contributed by atoms with Gasteiger partial charge in [0.1, 0.15) is 0 Å². The van der Waals surface area contributed by atoms with Crippen molar-refractivity contribution in [1.29, 1.82) is 0 Å². The Morgan fingerprint density at radius 3 is 1.69 bits per heavy atom. The van der Waals surface area contributed by atoms with E-state index in [9.17, 15) is 0 Å². The van der Waals surface area contributed by atoms with Crippen LogP contribution in [0.15, 0.2) is 152 Å². The Balaban J connectivity index is 0.000000253. The summed E-state index contributed by atoms with van der Waals surface area (Å²) in [7, 11) is 0. The van der Waals surface area contributed by atoms with Gasteiger partial charge in [-0.2, -0.15) is 6.08 Å². The van der Waals surface area contributed by atoms with Crippen LogP contribution in [0.2, 0.25) is 5.02 Å². The predicted molar refractivity (Wildman–Crippen MR) is 224 cm³/mol. The molecule has 4 heteroatoms. The van der Waals surface area contributed by atoms with Gasteiger partial charge in [0.15, 0.2) is 0 Å². The molecule has 278 valence electrons. The van der Waals surface area contributed by atoms with Crippen LogP contribution >= 0.6 is 11.6 Å². The Labute approximate surface area is 361 Å². The van der Waals surface area contributed by atoms with E-state index in [0.717, 1.165) is 17.9 Å². The van der Waals surface area contributed by atoms with Gasteiger partial charge in [0, 0.05) is 0 Å². The van der Waals surface area contributed by atoms with Gasteiger partial charge in [-0.25, -0.2) is 12.2 Å². The number of halogens is 3. The van der Waals surface area contributed by atoms with Gasteiger partial charge in [-0.15, -0.1) is 35.2 Å². The van der Waals surface area contributed by atoms with Crippen molar-refractivity contribution in [1.82, 2.24) is 0 Å². The van der Waals surface area contributed by atoms with Crippen LogP contribution < -0.4 is 24.8 Å². The minimum atomic E-state index is 0. The average Bonchev–Trinajstić information content (AvgIpc) is 3.86. The fourth-order valence-electron chi connectivity index (χ4n) is 6.86. The molecular weight excluding hydrogens is 810 g/mol. The molecular formula is C51H47Cl3Zr-2. The van der Waals surface area contributed by atoms with E-state index in [2.05, 4.69) is 169 Å². The summed E-state index contributed by atoms with van der Waals surface area (Å²) in [6.45, 7) is 13.9. The minimum absolute atomic E-state index is 0. The maximum Gasteiger partial charge on any atom is -0.109 e. The van der Waals surface area contributed by atoms with Gasteiger partial charge in [0.25, 0.3) is 0 Å². The maximum atomic E-state index is 5.97. The average molecular weight is 858 g/mol. The van der Waals surface area contributed by atoms with Crippen LogP contribution in [0, 0.1) is 12.1 Å². The molecule has 0 saturated heterocycles. The Hall–Kier alpha value is -3.58. The van der Waals surface area contributed by atoms with Crippen molar-refractivity contribution in [2.24, 2.45) is 0 Å². The molecule has 0 bridgehead atoms. The second kappa shape index (κ2) is 19.5. The van der Waals surface area contributed by atoms with Gasteiger partial charge in [-0.1, -0.05) is 131 Å². The molecule has 0 atom stereocenters. The molecule has 0 aliphatic heterocycles. The third-order valence-corrected chi connectivity index (χ3v) is 11.2. The predicted octanol–water partition coefficient (Wildman–Crippen LogP) is 7.76. The van der Waals surface area contributed by atoms with E-state index in [1.807, 2.05) is 36.4 Å². The van der Waals surface area contributed by atoms with Crippen molar-refractivity contribution in [2.75, 3.05) is 0 Å². The monoisotopic (exact) mass is 854 g/mol. The van der Waals surface area contributed by atoms with Crippen molar-refractivity contribution >= 4 is 14.8 Å². The zero-order chi connectivity index (χ0) is 37.6. The SMILES string of the molecule is CC(C)(C)c1cc2c([c-]c1-c1ccccc1)Cc1cc(-c3ccccc3)c(C(C)(C)C)cc1-2.Clc1cccc([C](=[Zr+2])c2ccccc2)c1.[C-]1=CC=CC1.[Cl-].[Cl-]. The second-order valence-electron chi connectivity index (χ2n) is 15.7. The Morgan fingerprint density at radius 1 is 0.600 bits per heavy atom. The van der Waals surface area contributed by atoms with Crippen molar-refractivity contribution < 1.29 is 49.0 Å². The summed E-state index contributed by atoms with van der Waals surface area (Å²) in [5.41, 5.74) is 16.0. The molecule has 0 N–H and O–H groups in total. The molecule has 0 unspecified atom stereocenters. The van der Waals surface area contributed by atoms with Gasteiger partial charge in [0.2, 0.25) is 0 Å². The van der Waals surface area contributed by atoms with Crippen LogP contribution in [0.1, 0.15) is 81.3 Å². The van der Waals surface area contributed by atoms with Crippen LogP contribution in [0.4, 0.5) is 0 Å². The van der Waals surface area contributed by atoms with E-state index < -0.39 is 0 Å². The van der Waals surface area contributed by atoms with E-state index >= 15 is 0 Å².